The van der Waals surface area contributed by atoms with Gasteiger partial charge in [0.25, 0.3) is 0 Å². The molecule has 0 fully saturated rings. The molecule has 1 aliphatic rings. The highest BCUT2D eigenvalue weighted by Gasteiger charge is 2.20. The van der Waals surface area contributed by atoms with Gasteiger partial charge in [0, 0.05) is 39.7 Å². The minimum absolute atomic E-state index is 0.0198. The smallest absolute Gasteiger partial charge is 0.229 e. The fourth-order valence-corrected chi connectivity index (χ4v) is 3.48. The SMILES string of the molecule is COCCCOCCC(=O)NCCC(=O)N1Cc2ccccc2/C=C\c2ccccc21. The lowest BCUT2D eigenvalue weighted by molar-refractivity contribution is -0.122. The molecule has 0 bridgehead atoms. The molecule has 31 heavy (non-hydrogen) atoms. The Hall–Kier alpha value is -2.96. The topological polar surface area (TPSA) is 67.9 Å². The maximum atomic E-state index is 13.1. The van der Waals surface area contributed by atoms with E-state index < -0.39 is 0 Å². The molecule has 2 aromatic carbocycles. The molecule has 164 valence electrons. The standard InChI is InChI=1S/C25H30N2O4/c1-30-16-6-17-31-18-14-24(28)26-15-13-25(29)27-19-22-9-3-2-7-20(22)11-12-21-8-4-5-10-23(21)27/h2-5,7-12H,6,13-19H2,1H3,(H,26,28)/b12-11-. The number of carbonyl (C=O) groups excluding carboxylic acids is 2. The maximum absolute atomic E-state index is 13.1. The Morgan fingerprint density at radius 3 is 2.52 bits per heavy atom. The number of amides is 2. The van der Waals surface area contributed by atoms with Crippen molar-refractivity contribution < 1.29 is 19.1 Å². The lowest BCUT2D eigenvalue weighted by Crippen LogP contribution is -2.35. The minimum Gasteiger partial charge on any atom is -0.385 e. The van der Waals surface area contributed by atoms with Gasteiger partial charge in [-0.25, -0.2) is 0 Å². The predicted molar refractivity (Wildman–Crippen MR) is 123 cm³/mol. The summed E-state index contributed by atoms with van der Waals surface area (Å²) in [6.45, 7) is 2.39. The van der Waals surface area contributed by atoms with Crippen LogP contribution in [0.15, 0.2) is 48.5 Å². The van der Waals surface area contributed by atoms with Gasteiger partial charge in [-0.15, -0.1) is 0 Å². The van der Waals surface area contributed by atoms with Crippen LogP contribution in [0.4, 0.5) is 5.69 Å². The van der Waals surface area contributed by atoms with E-state index in [0.717, 1.165) is 28.8 Å². The van der Waals surface area contributed by atoms with Gasteiger partial charge in [-0.1, -0.05) is 54.6 Å². The molecule has 0 spiro atoms. The molecule has 1 aliphatic heterocycles. The van der Waals surface area contributed by atoms with Crippen molar-refractivity contribution in [3.05, 3.63) is 65.2 Å². The molecule has 0 saturated heterocycles. The van der Waals surface area contributed by atoms with Crippen LogP contribution in [0.1, 0.15) is 36.0 Å². The average molecular weight is 423 g/mol. The van der Waals surface area contributed by atoms with Crippen molar-refractivity contribution in [2.24, 2.45) is 0 Å². The molecule has 1 N–H and O–H groups in total. The van der Waals surface area contributed by atoms with E-state index in [1.54, 1.807) is 7.11 Å². The third-order valence-electron chi connectivity index (χ3n) is 5.13. The van der Waals surface area contributed by atoms with Crippen molar-refractivity contribution in [1.29, 1.82) is 0 Å². The van der Waals surface area contributed by atoms with E-state index >= 15 is 0 Å². The summed E-state index contributed by atoms with van der Waals surface area (Å²) in [5.41, 5.74) is 4.08. The number of ether oxygens (including phenoxy) is 2. The van der Waals surface area contributed by atoms with Crippen molar-refractivity contribution in [1.82, 2.24) is 5.32 Å². The van der Waals surface area contributed by atoms with Crippen molar-refractivity contribution >= 4 is 29.7 Å². The van der Waals surface area contributed by atoms with Gasteiger partial charge in [0.1, 0.15) is 0 Å². The van der Waals surface area contributed by atoms with Gasteiger partial charge in [-0.3, -0.25) is 9.59 Å². The van der Waals surface area contributed by atoms with Crippen LogP contribution in [0.3, 0.4) is 0 Å². The number of benzene rings is 2. The van der Waals surface area contributed by atoms with Crippen molar-refractivity contribution in [2.45, 2.75) is 25.8 Å². The highest BCUT2D eigenvalue weighted by atomic mass is 16.5. The van der Waals surface area contributed by atoms with Crippen LogP contribution < -0.4 is 10.2 Å². The normalized spacial score (nSPS) is 13.5. The summed E-state index contributed by atoms with van der Waals surface area (Å²) < 4.78 is 10.4. The second-order valence-corrected chi connectivity index (χ2v) is 7.38. The van der Waals surface area contributed by atoms with Gasteiger partial charge in [0.05, 0.1) is 18.8 Å². The third kappa shape index (κ3) is 6.77. The van der Waals surface area contributed by atoms with Crippen LogP contribution in [0, 0.1) is 0 Å². The largest absolute Gasteiger partial charge is 0.385 e. The Balaban J connectivity index is 1.55. The molecule has 0 atom stereocenters. The van der Waals surface area contributed by atoms with Crippen molar-refractivity contribution in [3.8, 4) is 0 Å². The predicted octanol–water partition coefficient (Wildman–Crippen LogP) is 3.65. The van der Waals surface area contributed by atoms with Gasteiger partial charge in [-0.05, 0) is 29.2 Å². The Morgan fingerprint density at radius 1 is 0.935 bits per heavy atom. The molecule has 0 unspecified atom stereocenters. The summed E-state index contributed by atoms with van der Waals surface area (Å²) in [5.74, 6) is -0.130. The lowest BCUT2D eigenvalue weighted by atomic mass is 10.0. The first-order chi connectivity index (χ1) is 15.2. The summed E-state index contributed by atoms with van der Waals surface area (Å²) in [4.78, 5) is 26.9. The molecule has 1 heterocycles. The number of para-hydroxylation sites is 1. The first-order valence-electron chi connectivity index (χ1n) is 10.7. The molecule has 3 rings (SSSR count). The lowest BCUT2D eigenvalue weighted by Gasteiger charge is -2.27. The molecular weight excluding hydrogens is 392 g/mol. The number of hydrogen-bond acceptors (Lipinski definition) is 4. The van der Waals surface area contributed by atoms with Crippen LogP contribution in [-0.2, 0) is 25.6 Å². The number of hydrogen-bond donors (Lipinski definition) is 1. The number of methoxy groups -OCH3 is 1. The molecule has 2 amide bonds. The number of rotatable bonds is 10. The summed E-state index contributed by atoms with van der Waals surface area (Å²) >= 11 is 0. The van der Waals surface area contributed by atoms with Crippen molar-refractivity contribution in [3.63, 3.8) is 0 Å². The zero-order valence-corrected chi connectivity index (χ0v) is 18.0. The van der Waals surface area contributed by atoms with E-state index in [4.69, 9.17) is 9.47 Å². The average Bonchev–Trinajstić information content (AvgIpc) is 2.77. The van der Waals surface area contributed by atoms with E-state index in [1.807, 2.05) is 53.4 Å². The fraction of sp³-hybridized carbons (Fsp3) is 0.360. The number of nitrogens with zero attached hydrogens (tertiary/aromatic N) is 1. The second kappa shape index (κ2) is 12.0. The van der Waals surface area contributed by atoms with Gasteiger partial charge < -0.3 is 19.7 Å². The summed E-state index contributed by atoms with van der Waals surface area (Å²) in [6.07, 6.45) is 5.46. The van der Waals surface area contributed by atoms with Crippen LogP contribution in [0.5, 0.6) is 0 Å². The van der Waals surface area contributed by atoms with Crippen molar-refractivity contribution in [2.75, 3.05) is 38.4 Å². The van der Waals surface area contributed by atoms with Gasteiger partial charge >= 0.3 is 0 Å². The Labute approximate surface area is 183 Å². The molecule has 6 nitrogen and oxygen atoms in total. The monoisotopic (exact) mass is 422 g/mol. The van der Waals surface area contributed by atoms with Gasteiger partial charge in [-0.2, -0.15) is 0 Å². The molecule has 2 aromatic rings. The minimum atomic E-state index is -0.110. The zero-order chi connectivity index (χ0) is 21.9. The Bertz CT molecular complexity index is 910. The summed E-state index contributed by atoms with van der Waals surface area (Å²) in [6, 6.07) is 16.0. The number of nitrogens with one attached hydrogen (secondary N) is 1. The molecule has 0 aromatic heterocycles. The Morgan fingerprint density at radius 2 is 1.68 bits per heavy atom. The molecule has 6 heteroatoms. The zero-order valence-electron chi connectivity index (χ0n) is 18.0. The number of fused-ring (bicyclic) bond motifs is 2. The first-order valence-corrected chi connectivity index (χ1v) is 10.7. The number of carbonyl (C=O) groups is 2. The second-order valence-electron chi connectivity index (χ2n) is 7.38. The van der Waals surface area contributed by atoms with Crippen LogP contribution >= 0.6 is 0 Å². The van der Waals surface area contributed by atoms with Crippen LogP contribution in [0.25, 0.3) is 12.2 Å². The van der Waals surface area contributed by atoms with E-state index in [0.29, 0.717) is 32.9 Å². The maximum Gasteiger partial charge on any atom is 0.229 e. The van der Waals surface area contributed by atoms with E-state index in [-0.39, 0.29) is 24.7 Å². The molecule has 0 saturated carbocycles. The third-order valence-corrected chi connectivity index (χ3v) is 5.13. The first kappa shape index (κ1) is 22.7. The summed E-state index contributed by atoms with van der Waals surface area (Å²) in [5, 5.41) is 2.82. The molecule has 0 aliphatic carbocycles. The Kier molecular flexibility index (Phi) is 8.82. The van der Waals surface area contributed by atoms with Gasteiger partial charge in [0.2, 0.25) is 11.8 Å². The van der Waals surface area contributed by atoms with Gasteiger partial charge in [0.15, 0.2) is 0 Å². The van der Waals surface area contributed by atoms with Crippen LogP contribution in [0.2, 0.25) is 0 Å². The summed E-state index contributed by atoms with van der Waals surface area (Å²) in [7, 11) is 1.65. The molecular formula is C25H30N2O4. The molecule has 0 radical (unpaired) electrons. The highest BCUT2D eigenvalue weighted by Crippen LogP contribution is 2.29. The number of anilines is 1. The van der Waals surface area contributed by atoms with E-state index in [1.165, 1.54) is 0 Å². The highest BCUT2D eigenvalue weighted by molar-refractivity contribution is 5.97. The van der Waals surface area contributed by atoms with E-state index in [2.05, 4.69) is 17.5 Å². The fourth-order valence-electron chi connectivity index (χ4n) is 3.48. The van der Waals surface area contributed by atoms with Crippen LogP contribution in [-0.4, -0.2) is 45.3 Å². The van der Waals surface area contributed by atoms with E-state index in [9.17, 15) is 9.59 Å². The quantitative estimate of drug-likeness (QED) is 0.594.